The molecule has 0 atom stereocenters. The van der Waals surface area contributed by atoms with Crippen molar-refractivity contribution in [2.45, 2.75) is 50.4 Å². The molecule has 6 heterocycles. The first-order valence-electron chi connectivity index (χ1n) is 16.1. The summed E-state index contributed by atoms with van der Waals surface area (Å²) >= 11 is 2.35. The molecule has 8 rings (SSSR count). The summed E-state index contributed by atoms with van der Waals surface area (Å²) in [4.78, 5) is 0. The van der Waals surface area contributed by atoms with Crippen LogP contribution in [0.4, 0.5) is 8.78 Å². The predicted molar refractivity (Wildman–Crippen MR) is 197 cm³/mol. The molecule has 0 fully saturated rings. The molecule has 0 aliphatic heterocycles. The van der Waals surface area contributed by atoms with Gasteiger partial charge in [0.1, 0.15) is 26.9 Å². The molecule has 0 aliphatic carbocycles. The molecule has 0 bridgehead atoms. The fourth-order valence-electron chi connectivity index (χ4n) is 6.06. The van der Waals surface area contributed by atoms with Gasteiger partial charge in [-0.1, -0.05) is 59.7 Å². The number of furan rings is 2. The van der Waals surface area contributed by atoms with E-state index in [4.69, 9.17) is 8.83 Å². The van der Waals surface area contributed by atoms with Crippen LogP contribution in [0.25, 0.3) is 54.4 Å². The van der Waals surface area contributed by atoms with Crippen LogP contribution >= 0.6 is 22.7 Å². The number of hydrogen-bond acceptors (Lipinski definition) is 8. The van der Waals surface area contributed by atoms with Crippen molar-refractivity contribution in [1.29, 1.82) is 0 Å². The Morgan fingerprint density at radius 3 is 1.82 bits per heavy atom. The fourth-order valence-corrected chi connectivity index (χ4v) is 8.71. The quantitative estimate of drug-likeness (QED) is 0.103. The minimum Gasteiger partial charge on any atom is -0.451 e. The number of allylic oxidation sites excluding steroid dienone is 2. The molecule has 0 spiro atoms. The molecule has 51 heavy (non-hydrogen) atoms. The van der Waals surface area contributed by atoms with Gasteiger partial charge in [-0.2, -0.15) is 18.6 Å². The van der Waals surface area contributed by atoms with Crippen molar-refractivity contribution in [3.05, 3.63) is 112 Å². The molecule has 0 radical (unpaired) electrons. The van der Waals surface area contributed by atoms with E-state index in [1.54, 1.807) is 9.36 Å². The summed E-state index contributed by atoms with van der Waals surface area (Å²) in [5.41, 5.74) is 6.94. The number of aryl methyl sites for hydroxylation is 2. The Labute approximate surface area is 298 Å². The highest BCUT2D eigenvalue weighted by Gasteiger charge is 2.26. The smallest absolute Gasteiger partial charge is 0.304 e. The third-order valence-electron chi connectivity index (χ3n) is 8.64. The largest absolute Gasteiger partial charge is 0.451 e. The Balaban J connectivity index is 1.03. The lowest BCUT2D eigenvalue weighted by molar-refractivity contribution is 0.485. The van der Waals surface area contributed by atoms with Crippen molar-refractivity contribution in [3.63, 3.8) is 0 Å². The Morgan fingerprint density at radius 1 is 0.784 bits per heavy atom. The second kappa shape index (κ2) is 13.0. The number of aromatic nitrogens is 4. The average molecular weight is 745 g/mol. The lowest BCUT2D eigenvalue weighted by Crippen LogP contribution is -2.02. The van der Waals surface area contributed by atoms with E-state index in [-0.39, 0.29) is 39.7 Å². The summed E-state index contributed by atoms with van der Waals surface area (Å²) < 4.78 is 81.0. The van der Waals surface area contributed by atoms with Crippen LogP contribution in [0, 0.1) is 13.8 Å². The summed E-state index contributed by atoms with van der Waals surface area (Å²) in [5.74, 6) is -1.12. The van der Waals surface area contributed by atoms with Crippen molar-refractivity contribution in [2.75, 3.05) is 0 Å². The fraction of sp³-hybridized carbons (Fsp3) is 0.189. The molecule has 8 aromatic rings. The molecule has 2 aromatic carbocycles. The standard InChI is InChI=1S/C37H30F2N4O5S3/c1-21-8-12-23(13-9-21)19-42-32-34(47-27-16-17-49-36(27)32)30(40-42)25(38)6-4-3-5-7-26(39)31-35-33(37-28(48-35)18-29(50-37)51(44,45)46)43(41-31)20-24-14-10-22(2)11-15-24/h6-18H,3-5,19-20H2,1-2H3,(H,44,45,46). The molecule has 1 N–H and O–H groups in total. The van der Waals surface area contributed by atoms with E-state index in [2.05, 4.69) is 10.2 Å². The van der Waals surface area contributed by atoms with Gasteiger partial charge in [-0.15, -0.1) is 22.7 Å². The molecule has 0 saturated carbocycles. The van der Waals surface area contributed by atoms with Crippen molar-refractivity contribution in [2.24, 2.45) is 0 Å². The highest BCUT2D eigenvalue weighted by atomic mass is 32.3. The number of fused-ring (bicyclic) bond motifs is 6. The Hall–Kier alpha value is -4.89. The minimum absolute atomic E-state index is 0.0186. The zero-order valence-electron chi connectivity index (χ0n) is 27.4. The molecule has 0 aliphatic rings. The van der Waals surface area contributed by atoms with Gasteiger partial charge in [0.25, 0.3) is 0 Å². The van der Waals surface area contributed by atoms with Gasteiger partial charge in [-0.3, -0.25) is 13.9 Å². The molecule has 260 valence electrons. The zero-order chi connectivity index (χ0) is 35.4. The maximum Gasteiger partial charge on any atom is 0.304 e. The number of halogens is 2. The third-order valence-corrected chi connectivity index (χ3v) is 12.0. The maximum absolute atomic E-state index is 15.8. The first-order chi connectivity index (χ1) is 24.5. The van der Waals surface area contributed by atoms with E-state index >= 15 is 8.78 Å². The zero-order valence-corrected chi connectivity index (χ0v) is 29.8. The highest BCUT2D eigenvalue weighted by Crippen LogP contribution is 2.41. The van der Waals surface area contributed by atoms with Gasteiger partial charge in [0, 0.05) is 6.07 Å². The van der Waals surface area contributed by atoms with Crippen LogP contribution in [-0.4, -0.2) is 32.5 Å². The van der Waals surface area contributed by atoms with Crippen LogP contribution < -0.4 is 0 Å². The van der Waals surface area contributed by atoms with E-state index in [1.807, 2.05) is 73.8 Å². The van der Waals surface area contributed by atoms with Gasteiger partial charge in [0.05, 0.1) is 17.8 Å². The van der Waals surface area contributed by atoms with E-state index in [1.165, 1.54) is 29.6 Å². The first kappa shape index (κ1) is 33.3. The summed E-state index contributed by atoms with van der Waals surface area (Å²) in [7, 11) is -4.46. The van der Waals surface area contributed by atoms with Crippen LogP contribution in [0.1, 0.15) is 52.9 Å². The summed E-state index contributed by atoms with van der Waals surface area (Å²) in [5, 5.41) is 11.1. The highest BCUT2D eigenvalue weighted by molar-refractivity contribution is 7.88. The van der Waals surface area contributed by atoms with Gasteiger partial charge in [-0.05, 0) is 67.8 Å². The number of benzene rings is 2. The average Bonchev–Trinajstić information content (AvgIpc) is 3.92. The molecule has 0 saturated heterocycles. The van der Waals surface area contributed by atoms with Crippen LogP contribution in [0.15, 0.2) is 91.2 Å². The van der Waals surface area contributed by atoms with Gasteiger partial charge in [0.15, 0.2) is 38.4 Å². The van der Waals surface area contributed by atoms with E-state index < -0.39 is 21.8 Å². The van der Waals surface area contributed by atoms with Gasteiger partial charge < -0.3 is 8.83 Å². The second-order valence-electron chi connectivity index (χ2n) is 12.4. The summed E-state index contributed by atoms with van der Waals surface area (Å²) in [6.45, 7) is 4.74. The predicted octanol–water partition coefficient (Wildman–Crippen LogP) is 10.5. The van der Waals surface area contributed by atoms with E-state index in [0.717, 1.165) is 43.8 Å². The molecule has 6 aromatic heterocycles. The number of unbranched alkanes of at least 4 members (excludes halogenated alkanes) is 2. The number of thiophene rings is 2. The van der Waals surface area contributed by atoms with Crippen molar-refractivity contribution in [1.82, 2.24) is 19.6 Å². The van der Waals surface area contributed by atoms with Crippen LogP contribution in [0.5, 0.6) is 0 Å². The summed E-state index contributed by atoms with van der Waals surface area (Å²) in [6.07, 6.45) is 3.89. The van der Waals surface area contributed by atoms with Crippen LogP contribution in [-0.2, 0) is 23.2 Å². The number of rotatable bonds is 11. The Kier molecular flexibility index (Phi) is 8.49. The lowest BCUT2D eigenvalue weighted by atomic mass is 10.1. The molecular formula is C37H30F2N4O5S3. The summed E-state index contributed by atoms with van der Waals surface area (Å²) in [6, 6.07) is 19.0. The number of hydrogen-bond donors (Lipinski definition) is 1. The van der Waals surface area contributed by atoms with Crippen LogP contribution in [0.2, 0.25) is 0 Å². The van der Waals surface area contributed by atoms with Gasteiger partial charge in [-0.25, -0.2) is 8.78 Å². The van der Waals surface area contributed by atoms with E-state index in [9.17, 15) is 13.0 Å². The molecular weight excluding hydrogens is 715 g/mol. The molecule has 14 heteroatoms. The second-order valence-corrected chi connectivity index (χ2v) is 16.0. The Morgan fingerprint density at radius 2 is 1.29 bits per heavy atom. The minimum atomic E-state index is -4.46. The monoisotopic (exact) mass is 744 g/mol. The SMILES string of the molecule is Cc1ccc(Cn2nc(C(F)=CCCCC=C(F)c3nn(Cc4ccc(C)cc4)c4c3oc3cc(S(=O)(=O)O)sc34)c3oc4ccsc4c32)cc1. The molecule has 0 unspecified atom stereocenters. The van der Waals surface area contributed by atoms with Crippen molar-refractivity contribution in [3.8, 4) is 0 Å². The van der Waals surface area contributed by atoms with Crippen molar-refractivity contribution >= 4 is 87.2 Å². The van der Waals surface area contributed by atoms with Crippen LogP contribution in [0.3, 0.4) is 0 Å². The molecule has 9 nitrogen and oxygen atoms in total. The Bertz CT molecular complexity index is 2740. The lowest BCUT2D eigenvalue weighted by Gasteiger charge is -2.03. The van der Waals surface area contributed by atoms with Gasteiger partial charge >= 0.3 is 10.1 Å². The van der Waals surface area contributed by atoms with E-state index in [0.29, 0.717) is 40.8 Å². The normalized spacial score (nSPS) is 13.2. The molecule has 0 amide bonds. The maximum atomic E-state index is 15.8. The topological polar surface area (TPSA) is 116 Å². The van der Waals surface area contributed by atoms with Crippen molar-refractivity contribution < 1.29 is 30.6 Å². The number of nitrogens with zero attached hydrogens (tertiary/aromatic N) is 4. The third kappa shape index (κ3) is 6.33. The van der Waals surface area contributed by atoms with Gasteiger partial charge in [0.2, 0.25) is 0 Å². The first-order valence-corrected chi connectivity index (χ1v) is 19.3.